The molecule has 0 bridgehead atoms. The van der Waals surface area contributed by atoms with Crippen LogP contribution in [0.5, 0.6) is 0 Å². The van der Waals surface area contributed by atoms with Gasteiger partial charge in [0, 0.05) is 5.56 Å². The molecule has 2 aliphatic carbocycles. The van der Waals surface area contributed by atoms with Crippen LogP contribution >= 0.6 is 0 Å². The summed E-state index contributed by atoms with van der Waals surface area (Å²) in [5.41, 5.74) is 5.08. The number of hydrogen-bond acceptors (Lipinski definition) is 0. The lowest BCUT2D eigenvalue weighted by Gasteiger charge is -2.04. The average molecular weight is 235 g/mol. The molecule has 2 unspecified atom stereocenters. The highest BCUT2D eigenvalue weighted by Crippen LogP contribution is 2.50. The number of hydrogen-bond donors (Lipinski definition) is 0. The Hall–Kier alpha value is -1.74. The van der Waals surface area contributed by atoms with E-state index < -0.39 is 0 Å². The topological polar surface area (TPSA) is 0 Å². The molecule has 0 N–H and O–H groups in total. The van der Waals surface area contributed by atoms with Gasteiger partial charge in [0.1, 0.15) is 0 Å². The zero-order chi connectivity index (χ0) is 13.1. The molecular formula is C18H19. The summed E-state index contributed by atoms with van der Waals surface area (Å²) in [6.07, 6.45) is 10.9. The van der Waals surface area contributed by atoms with Gasteiger partial charge in [-0.2, -0.15) is 0 Å². The minimum atomic E-state index is 0.829. The smallest absolute Gasteiger partial charge is 0.0242 e. The van der Waals surface area contributed by atoms with Crippen molar-refractivity contribution in [3.63, 3.8) is 0 Å². The maximum Gasteiger partial charge on any atom is 0.0242 e. The fourth-order valence-corrected chi connectivity index (χ4v) is 2.24. The molecule has 0 heterocycles. The van der Waals surface area contributed by atoms with Crippen molar-refractivity contribution < 1.29 is 0 Å². The average Bonchev–Trinajstić information content (AvgIpc) is 3.17. The molecule has 0 saturated heterocycles. The lowest BCUT2D eigenvalue weighted by Crippen LogP contribution is -1.91. The Morgan fingerprint density at radius 2 is 1.78 bits per heavy atom. The van der Waals surface area contributed by atoms with Crippen LogP contribution in [0.25, 0.3) is 0 Å². The Labute approximate surface area is 110 Å². The van der Waals surface area contributed by atoms with E-state index in [9.17, 15) is 0 Å². The molecule has 0 spiro atoms. The zero-order valence-corrected chi connectivity index (χ0v) is 11.1. The van der Waals surface area contributed by atoms with E-state index in [1.165, 1.54) is 17.6 Å². The number of terminal acetylenes is 1. The molecule has 0 heteroatoms. The standard InChI is InChI=1S/C9H11.C9H8/c1-6-3-4-7(2)9-5-8(6)9;1-3-9-6-4-8(2)5-7-9/h3-4,8-9H,1,5H2,2H3;1,4-7H,2H3. The minimum Gasteiger partial charge on any atom is -0.115 e. The van der Waals surface area contributed by atoms with Crippen molar-refractivity contribution in [1.29, 1.82) is 0 Å². The minimum absolute atomic E-state index is 0.829. The van der Waals surface area contributed by atoms with Gasteiger partial charge in [0.2, 0.25) is 0 Å². The fourth-order valence-electron chi connectivity index (χ4n) is 2.24. The van der Waals surface area contributed by atoms with Crippen LogP contribution < -0.4 is 0 Å². The third kappa shape index (κ3) is 2.93. The van der Waals surface area contributed by atoms with Gasteiger partial charge in [0.25, 0.3) is 0 Å². The molecule has 1 radical (unpaired) electrons. The van der Waals surface area contributed by atoms with Crippen molar-refractivity contribution in [2.24, 2.45) is 11.8 Å². The van der Waals surface area contributed by atoms with Crippen LogP contribution in [0.2, 0.25) is 0 Å². The molecule has 1 saturated carbocycles. The predicted molar refractivity (Wildman–Crippen MR) is 77.9 cm³/mol. The molecule has 0 aliphatic heterocycles. The van der Waals surface area contributed by atoms with Gasteiger partial charge in [-0.1, -0.05) is 46.9 Å². The van der Waals surface area contributed by atoms with Crippen LogP contribution in [0.15, 0.2) is 47.6 Å². The van der Waals surface area contributed by atoms with Gasteiger partial charge >= 0.3 is 0 Å². The summed E-state index contributed by atoms with van der Waals surface area (Å²) in [6.45, 7) is 8.23. The van der Waals surface area contributed by atoms with E-state index in [2.05, 4.69) is 31.9 Å². The second-order valence-electron chi connectivity index (χ2n) is 5.11. The van der Waals surface area contributed by atoms with E-state index >= 15 is 0 Å². The maximum atomic E-state index is 5.15. The molecule has 0 amide bonds. The first-order valence-electron chi connectivity index (χ1n) is 6.35. The van der Waals surface area contributed by atoms with E-state index in [1.807, 2.05) is 31.2 Å². The predicted octanol–water partition coefficient (Wildman–Crippen LogP) is 4.32. The van der Waals surface area contributed by atoms with Crippen molar-refractivity contribution >= 4 is 0 Å². The molecule has 0 aromatic heterocycles. The van der Waals surface area contributed by atoms with Crippen LogP contribution in [-0.2, 0) is 0 Å². The molecular weight excluding hydrogens is 216 g/mol. The Morgan fingerprint density at radius 3 is 2.33 bits per heavy atom. The Balaban J connectivity index is 0.000000134. The highest BCUT2D eigenvalue weighted by atomic mass is 14.4. The summed E-state index contributed by atoms with van der Waals surface area (Å²) >= 11 is 0. The molecule has 1 aromatic rings. The van der Waals surface area contributed by atoms with Crippen molar-refractivity contribution in [2.45, 2.75) is 20.3 Å². The summed E-state index contributed by atoms with van der Waals surface area (Å²) in [5.74, 6) is 4.26. The highest BCUT2D eigenvalue weighted by molar-refractivity contribution is 5.36. The molecule has 3 rings (SSSR count). The van der Waals surface area contributed by atoms with Crippen molar-refractivity contribution in [1.82, 2.24) is 0 Å². The quantitative estimate of drug-likeness (QED) is 0.587. The van der Waals surface area contributed by atoms with Crippen LogP contribution in [0.4, 0.5) is 0 Å². The number of rotatable bonds is 0. The van der Waals surface area contributed by atoms with E-state index in [0.717, 1.165) is 17.4 Å². The monoisotopic (exact) mass is 235 g/mol. The van der Waals surface area contributed by atoms with Gasteiger partial charge in [-0.25, -0.2) is 0 Å². The van der Waals surface area contributed by atoms with Crippen molar-refractivity contribution in [2.75, 3.05) is 0 Å². The molecule has 2 aliphatic rings. The van der Waals surface area contributed by atoms with E-state index in [-0.39, 0.29) is 0 Å². The fraction of sp³-hybridized carbons (Fsp3) is 0.278. The second-order valence-corrected chi connectivity index (χ2v) is 5.11. The van der Waals surface area contributed by atoms with Crippen LogP contribution in [0.3, 0.4) is 0 Å². The normalized spacial score (nSPS) is 23.7. The molecule has 2 atom stereocenters. The largest absolute Gasteiger partial charge is 0.115 e. The van der Waals surface area contributed by atoms with Crippen LogP contribution in [-0.4, -0.2) is 0 Å². The first-order valence-corrected chi connectivity index (χ1v) is 6.35. The SMILES string of the molecule is C#Cc1ccc(C)cc1.[CH2]C1=CC=C(C)C2CC12. The third-order valence-corrected chi connectivity index (χ3v) is 3.63. The first kappa shape index (κ1) is 12.7. The molecule has 0 nitrogen and oxygen atoms in total. The highest BCUT2D eigenvalue weighted by Gasteiger charge is 2.40. The summed E-state index contributed by atoms with van der Waals surface area (Å²) in [7, 11) is 0. The lowest BCUT2D eigenvalue weighted by molar-refractivity contribution is 0.879. The van der Waals surface area contributed by atoms with E-state index in [0.29, 0.717) is 0 Å². The van der Waals surface area contributed by atoms with Gasteiger partial charge in [-0.3, -0.25) is 0 Å². The number of allylic oxidation sites excluding steroid dienone is 4. The number of aryl methyl sites for hydroxylation is 1. The summed E-state index contributed by atoms with van der Waals surface area (Å²) in [5, 5.41) is 0. The maximum absolute atomic E-state index is 5.15. The Morgan fingerprint density at radius 1 is 1.11 bits per heavy atom. The molecule has 1 fully saturated rings. The van der Waals surface area contributed by atoms with Gasteiger partial charge in [-0.05, 0) is 51.2 Å². The van der Waals surface area contributed by atoms with Crippen LogP contribution in [0, 0.1) is 38.0 Å². The van der Waals surface area contributed by atoms with Gasteiger partial charge < -0.3 is 0 Å². The Bertz CT molecular complexity index is 498. The summed E-state index contributed by atoms with van der Waals surface area (Å²) < 4.78 is 0. The zero-order valence-electron chi connectivity index (χ0n) is 11.1. The van der Waals surface area contributed by atoms with E-state index in [1.54, 1.807) is 5.57 Å². The summed E-state index contributed by atoms with van der Waals surface area (Å²) in [6, 6.07) is 7.90. The first-order chi connectivity index (χ1) is 8.61. The number of fused-ring (bicyclic) bond motifs is 1. The molecule has 18 heavy (non-hydrogen) atoms. The van der Waals surface area contributed by atoms with Gasteiger partial charge in [0.15, 0.2) is 0 Å². The molecule has 1 aromatic carbocycles. The lowest BCUT2D eigenvalue weighted by atomic mass is 10.0. The van der Waals surface area contributed by atoms with Crippen molar-refractivity contribution in [3.8, 4) is 12.3 Å². The molecule has 91 valence electrons. The van der Waals surface area contributed by atoms with Crippen molar-refractivity contribution in [3.05, 3.63) is 65.6 Å². The third-order valence-electron chi connectivity index (χ3n) is 3.63. The van der Waals surface area contributed by atoms with Crippen LogP contribution in [0.1, 0.15) is 24.5 Å². The van der Waals surface area contributed by atoms with Gasteiger partial charge in [0.05, 0.1) is 0 Å². The van der Waals surface area contributed by atoms with E-state index in [4.69, 9.17) is 6.42 Å². The second kappa shape index (κ2) is 5.27. The van der Waals surface area contributed by atoms with Gasteiger partial charge in [-0.15, -0.1) is 6.42 Å². The Kier molecular flexibility index (Phi) is 3.72. The summed E-state index contributed by atoms with van der Waals surface area (Å²) in [4.78, 5) is 0. The number of benzene rings is 1.